The minimum Gasteiger partial charge on any atom is -0.384 e. The van der Waals surface area contributed by atoms with Crippen LogP contribution in [0.3, 0.4) is 0 Å². The van der Waals surface area contributed by atoms with Crippen molar-refractivity contribution in [3.63, 3.8) is 0 Å². The van der Waals surface area contributed by atoms with Crippen LogP contribution >= 0.6 is 11.3 Å². The fourth-order valence-corrected chi connectivity index (χ4v) is 3.22. The first-order valence-corrected chi connectivity index (χ1v) is 7.91. The molecule has 0 spiro atoms. The summed E-state index contributed by atoms with van der Waals surface area (Å²) in [5.41, 5.74) is 15.7. The fraction of sp³-hybridized carbons (Fsp3) is 0. The topological polar surface area (TPSA) is 99.7 Å². The molecule has 5 heteroatoms. The lowest BCUT2D eigenvalue weighted by Gasteiger charge is -2.02. The molecule has 0 atom stereocenters. The van der Waals surface area contributed by atoms with Gasteiger partial charge in [-0.05, 0) is 28.1 Å². The van der Waals surface area contributed by atoms with E-state index >= 15 is 0 Å². The molecule has 0 bridgehead atoms. The zero-order valence-corrected chi connectivity index (χ0v) is 13.2. The van der Waals surface area contributed by atoms with E-state index in [1.54, 1.807) is 11.3 Å². The van der Waals surface area contributed by atoms with Crippen LogP contribution in [0.5, 0.6) is 0 Å². The smallest absolute Gasteiger partial charge is 0.122 e. The number of rotatable bonds is 4. The standard InChI is InChI=1S/C18H16N4S/c19-17(20)13-5-1-11(2-6-13)15-9-16(23-10-15)12-3-7-14(8-4-12)18(21)22/h1-10H,(H3,19,20)(H3,21,22). The van der Waals surface area contributed by atoms with Gasteiger partial charge in [-0.15, -0.1) is 11.3 Å². The molecular weight excluding hydrogens is 304 g/mol. The van der Waals surface area contributed by atoms with Crippen LogP contribution in [0.1, 0.15) is 11.1 Å². The summed E-state index contributed by atoms with van der Waals surface area (Å²) >= 11 is 1.67. The minimum absolute atomic E-state index is 0.0770. The molecule has 6 N–H and O–H groups in total. The van der Waals surface area contributed by atoms with Gasteiger partial charge in [0.2, 0.25) is 0 Å². The summed E-state index contributed by atoms with van der Waals surface area (Å²) in [4.78, 5) is 1.16. The molecule has 0 fully saturated rings. The van der Waals surface area contributed by atoms with Crippen LogP contribution in [-0.4, -0.2) is 11.7 Å². The third-order valence-electron chi connectivity index (χ3n) is 3.61. The van der Waals surface area contributed by atoms with Crippen LogP contribution in [-0.2, 0) is 0 Å². The van der Waals surface area contributed by atoms with Gasteiger partial charge in [0.15, 0.2) is 0 Å². The molecule has 23 heavy (non-hydrogen) atoms. The van der Waals surface area contributed by atoms with Crippen LogP contribution in [0.2, 0.25) is 0 Å². The lowest BCUT2D eigenvalue weighted by atomic mass is 10.0. The molecule has 114 valence electrons. The first-order chi connectivity index (χ1) is 11.0. The predicted octanol–water partition coefficient (Wildman–Crippen LogP) is 3.65. The zero-order chi connectivity index (χ0) is 16.4. The number of benzene rings is 2. The Balaban J connectivity index is 1.87. The van der Waals surface area contributed by atoms with Crippen molar-refractivity contribution in [2.24, 2.45) is 11.5 Å². The third-order valence-corrected chi connectivity index (χ3v) is 4.59. The van der Waals surface area contributed by atoms with Gasteiger partial charge < -0.3 is 11.5 Å². The second kappa shape index (κ2) is 6.06. The Morgan fingerprint density at radius 3 is 1.65 bits per heavy atom. The van der Waals surface area contributed by atoms with Gasteiger partial charge in [-0.25, -0.2) is 0 Å². The van der Waals surface area contributed by atoms with Crippen molar-refractivity contribution < 1.29 is 0 Å². The molecule has 0 saturated carbocycles. The Morgan fingerprint density at radius 2 is 1.17 bits per heavy atom. The molecule has 2 aromatic carbocycles. The highest BCUT2D eigenvalue weighted by Gasteiger charge is 2.06. The number of nitrogen functional groups attached to an aromatic ring is 2. The number of thiophene rings is 1. The predicted molar refractivity (Wildman–Crippen MR) is 97.2 cm³/mol. The summed E-state index contributed by atoms with van der Waals surface area (Å²) in [5.74, 6) is 0.155. The highest BCUT2D eigenvalue weighted by Crippen LogP contribution is 2.32. The Bertz CT molecular complexity index is 789. The van der Waals surface area contributed by atoms with Crippen molar-refractivity contribution >= 4 is 23.0 Å². The molecular formula is C18H16N4S. The average molecular weight is 320 g/mol. The van der Waals surface area contributed by atoms with E-state index in [0.29, 0.717) is 0 Å². The maximum atomic E-state index is 7.43. The van der Waals surface area contributed by atoms with Gasteiger partial charge >= 0.3 is 0 Å². The zero-order valence-electron chi connectivity index (χ0n) is 12.3. The molecule has 0 aliphatic heterocycles. The number of nitrogens with two attached hydrogens (primary N) is 2. The molecule has 1 heterocycles. The first kappa shape index (κ1) is 15.0. The van der Waals surface area contributed by atoms with Crippen LogP contribution in [0.4, 0.5) is 0 Å². The van der Waals surface area contributed by atoms with Crippen LogP contribution in [0.15, 0.2) is 60.0 Å². The Morgan fingerprint density at radius 1 is 0.696 bits per heavy atom. The normalized spacial score (nSPS) is 10.4. The van der Waals surface area contributed by atoms with E-state index in [1.165, 1.54) is 0 Å². The van der Waals surface area contributed by atoms with Gasteiger partial charge in [-0.1, -0.05) is 48.5 Å². The fourth-order valence-electron chi connectivity index (χ4n) is 2.30. The summed E-state index contributed by atoms with van der Waals surface area (Å²) in [6.07, 6.45) is 0. The van der Waals surface area contributed by atoms with Crippen molar-refractivity contribution in [3.05, 3.63) is 71.1 Å². The van der Waals surface area contributed by atoms with E-state index in [-0.39, 0.29) is 11.7 Å². The highest BCUT2D eigenvalue weighted by molar-refractivity contribution is 7.14. The van der Waals surface area contributed by atoms with E-state index in [4.69, 9.17) is 22.3 Å². The molecule has 0 radical (unpaired) electrons. The van der Waals surface area contributed by atoms with Crippen molar-refractivity contribution in [1.82, 2.24) is 0 Å². The molecule has 0 aliphatic rings. The second-order valence-corrected chi connectivity index (χ2v) is 6.09. The van der Waals surface area contributed by atoms with E-state index in [0.717, 1.165) is 32.7 Å². The van der Waals surface area contributed by atoms with E-state index in [9.17, 15) is 0 Å². The van der Waals surface area contributed by atoms with Gasteiger partial charge in [0, 0.05) is 16.0 Å². The Kier molecular flexibility index (Phi) is 3.95. The van der Waals surface area contributed by atoms with Crippen molar-refractivity contribution in [1.29, 1.82) is 10.8 Å². The molecule has 3 rings (SSSR count). The van der Waals surface area contributed by atoms with Crippen LogP contribution in [0, 0.1) is 10.8 Å². The van der Waals surface area contributed by atoms with Crippen molar-refractivity contribution in [2.75, 3.05) is 0 Å². The van der Waals surface area contributed by atoms with Gasteiger partial charge in [0.1, 0.15) is 11.7 Å². The monoisotopic (exact) mass is 320 g/mol. The lowest BCUT2D eigenvalue weighted by Crippen LogP contribution is -2.10. The Labute approximate surface area is 138 Å². The highest BCUT2D eigenvalue weighted by atomic mass is 32.1. The molecule has 4 nitrogen and oxygen atoms in total. The minimum atomic E-state index is 0.0770. The van der Waals surface area contributed by atoms with Gasteiger partial charge in [0.25, 0.3) is 0 Å². The SMILES string of the molecule is N=C(N)c1ccc(-c2csc(-c3ccc(C(=N)N)cc3)c2)cc1. The number of hydrogen-bond donors (Lipinski definition) is 4. The van der Waals surface area contributed by atoms with E-state index < -0.39 is 0 Å². The average Bonchev–Trinajstić information content (AvgIpc) is 3.05. The van der Waals surface area contributed by atoms with Gasteiger partial charge in [-0.2, -0.15) is 0 Å². The molecule has 0 aliphatic carbocycles. The summed E-state index contributed by atoms with van der Waals surface area (Å²) in [7, 11) is 0. The third kappa shape index (κ3) is 3.14. The molecule has 0 unspecified atom stereocenters. The number of amidine groups is 2. The summed E-state index contributed by atoms with van der Waals surface area (Å²) < 4.78 is 0. The maximum absolute atomic E-state index is 7.43. The van der Waals surface area contributed by atoms with Crippen LogP contribution in [0.25, 0.3) is 21.6 Å². The van der Waals surface area contributed by atoms with Crippen LogP contribution < -0.4 is 11.5 Å². The summed E-state index contributed by atoms with van der Waals surface area (Å²) in [5, 5.41) is 17.0. The maximum Gasteiger partial charge on any atom is 0.122 e. The van der Waals surface area contributed by atoms with E-state index in [2.05, 4.69) is 11.4 Å². The summed E-state index contributed by atoms with van der Waals surface area (Å²) in [6, 6.07) is 17.5. The number of hydrogen-bond acceptors (Lipinski definition) is 3. The van der Waals surface area contributed by atoms with E-state index in [1.807, 2.05) is 48.5 Å². The molecule has 0 saturated heterocycles. The first-order valence-electron chi connectivity index (χ1n) is 7.03. The van der Waals surface area contributed by atoms with Gasteiger partial charge in [0.05, 0.1) is 0 Å². The Hall–Kier alpha value is -2.92. The largest absolute Gasteiger partial charge is 0.384 e. The van der Waals surface area contributed by atoms with Gasteiger partial charge in [-0.3, -0.25) is 10.8 Å². The second-order valence-electron chi connectivity index (χ2n) is 5.18. The number of nitrogens with one attached hydrogen (secondary N) is 2. The quantitative estimate of drug-likeness (QED) is 0.436. The van der Waals surface area contributed by atoms with Crippen molar-refractivity contribution in [2.45, 2.75) is 0 Å². The molecule has 3 aromatic rings. The lowest BCUT2D eigenvalue weighted by molar-refractivity contribution is 1.42. The summed E-state index contributed by atoms with van der Waals surface area (Å²) in [6.45, 7) is 0. The molecule has 0 amide bonds. The van der Waals surface area contributed by atoms with Crippen molar-refractivity contribution in [3.8, 4) is 21.6 Å². The molecule has 1 aromatic heterocycles.